The minimum Gasteiger partial charge on any atom is -0.379 e. The molecule has 1 aromatic rings. The van der Waals surface area contributed by atoms with Gasteiger partial charge >= 0.3 is 0 Å². The Morgan fingerprint density at radius 2 is 2.21 bits per heavy atom. The molecule has 2 rings (SSSR count). The van der Waals surface area contributed by atoms with Gasteiger partial charge in [-0.3, -0.25) is 0 Å². The summed E-state index contributed by atoms with van der Waals surface area (Å²) in [6.45, 7) is 5.37. The fourth-order valence-corrected chi connectivity index (χ4v) is 2.92. The van der Waals surface area contributed by atoms with Gasteiger partial charge in [-0.15, -0.1) is 0 Å². The molecule has 1 unspecified atom stereocenters. The number of benzene rings is 1. The topological polar surface area (TPSA) is 15.3 Å². The van der Waals surface area contributed by atoms with E-state index < -0.39 is 0 Å². The monoisotopic (exact) mass is 254 g/mol. The first kappa shape index (κ1) is 9.84. The fourth-order valence-electron chi connectivity index (χ4n) is 2.05. The van der Waals surface area contributed by atoms with Gasteiger partial charge in [0.2, 0.25) is 0 Å². The average molecular weight is 255 g/mol. The van der Waals surface area contributed by atoms with E-state index in [-0.39, 0.29) is 0 Å². The normalized spacial score (nSPS) is 20.3. The van der Waals surface area contributed by atoms with E-state index in [0.717, 1.165) is 6.54 Å². The van der Waals surface area contributed by atoms with Gasteiger partial charge < -0.3 is 10.2 Å². The van der Waals surface area contributed by atoms with Crippen LogP contribution in [0.5, 0.6) is 0 Å². The molecule has 0 saturated heterocycles. The third-order valence-electron chi connectivity index (χ3n) is 2.54. The van der Waals surface area contributed by atoms with Crippen molar-refractivity contribution in [3.63, 3.8) is 0 Å². The highest BCUT2D eigenvalue weighted by Gasteiger charge is 2.20. The summed E-state index contributed by atoms with van der Waals surface area (Å²) in [5.74, 6) is 0. The van der Waals surface area contributed by atoms with Crippen molar-refractivity contribution in [3.8, 4) is 0 Å². The van der Waals surface area contributed by atoms with Crippen molar-refractivity contribution < 1.29 is 0 Å². The lowest BCUT2D eigenvalue weighted by atomic mass is 10.1. The van der Waals surface area contributed by atoms with Gasteiger partial charge in [-0.25, -0.2) is 0 Å². The Balaban J connectivity index is 2.53. The van der Waals surface area contributed by atoms with Crippen LogP contribution >= 0.6 is 15.9 Å². The maximum absolute atomic E-state index is 3.61. The van der Waals surface area contributed by atoms with Gasteiger partial charge in [0.05, 0.1) is 11.4 Å². The molecule has 0 bridgehead atoms. The molecular weight excluding hydrogens is 240 g/mol. The molecule has 1 N–H and O–H groups in total. The number of rotatable bonds is 0. The summed E-state index contributed by atoms with van der Waals surface area (Å²) in [7, 11) is 2.14. The summed E-state index contributed by atoms with van der Waals surface area (Å²) in [5, 5.41) is 3.50. The van der Waals surface area contributed by atoms with Gasteiger partial charge in [0, 0.05) is 24.1 Å². The molecule has 1 aromatic carbocycles. The van der Waals surface area contributed by atoms with Crippen LogP contribution in [-0.4, -0.2) is 19.6 Å². The summed E-state index contributed by atoms with van der Waals surface area (Å²) >= 11 is 3.61. The molecule has 14 heavy (non-hydrogen) atoms. The summed E-state index contributed by atoms with van der Waals surface area (Å²) in [6, 6.07) is 4.88. The van der Waals surface area contributed by atoms with E-state index in [1.807, 2.05) is 0 Å². The van der Waals surface area contributed by atoms with Crippen LogP contribution in [0, 0.1) is 6.92 Å². The molecule has 0 spiro atoms. The predicted molar refractivity (Wildman–Crippen MR) is 65.2 cm³/mol. The molecule has 1 atom stereocenters. The van der Waals surface area contributed by atoms with Gasteiger partial charge in [-0.1, -0.05) is 0 Å². The van der Waals surface area contributed by atoms with Crippen molar-refractivity contribution in [1.82, 2.24) is 0 Å². The molecular formula is C11H15BrN2. The summed E-state index contributed by atoms with van der Waals surface area (Å²) in [4.78, 5) is 2.29. The number of nitrogens with zero attached hydrogens (tertiary/aromatic N) is 1. The quantitative estimate of drug-likeness (QED) is 0.766. The second kappa shape index (κ2) is 3.46. The van der Waals surface area contributed by atoms with Gasteiger partial charge in [0.25, 0.3) is 0 Å². The van der Waals surface area contributed by atoms with Crippen molar-refractivity contribution in [2.75, 3.05) is 23.8 Å². The molecule has 2 nitrogen and oxygen atoms in total. The predicted octanol–water partition coefficient (Wildman–Crippen LogP) is 3.01. The number of anilines is 2. The summed E-state index contributed by atoms with van der Waals surface area (Å²) in [5.41, 5.74) is 3.79. The zero-order chi connectivity index (χ0) is 10.3. The van der Waals surface area contributed by atoms with Crippen LogP contribution in [0.25, 0.3) is 0 Å². The van der Waals surface area contributed by atoms with Gasteiger partial charge in [0.15, 0.2) is 0 Å². The first-order valence-corrected chi connectivity index (χ1v) is 5.65. The molecule has 0 saturated carbocycles. The van der Waals surface area contributed by atoms with E-state index in [9.17, 15) is 0 Å². The lowest BCUT2D eigenvalue weighted by molar-refractivity contribution is 0.736. The van der Waals surface area contributed by atoms with Gasteiger partial charge in [0.1, 0.15) is 0 Å². The second-order valence-corrected chi connectivity index (χ2v) is 4.92. The molecule has 1 heterocycles. The number of aryl methyl sites for hydroxylation is 1. The number of likely N-dealkylation sites (N-methyl/N-ethyl adjacent to an activating group) is 1. The Morgan fingerprint density at radius 1 is 1.50 bits per heavy atom. The van der Waals surface area contributed by atoms with Crippen LogP contribution in [-0.2, 0) is 0 Å². The Bertz CT molecular complexity index is 363. The average Bonchev–Trinajstić information content (AvgIpc) is 1.99. The van der Waals surface area contributed by atoms with Crippen molar-refractivity contribution in [3.05, 3.63) is 22.2 Å². The maximum Gasteiger partial charge on any atom is 0.0744 e. The first-order chi connectivity index (χ1) is 6.58. The standard InChI is InChI=1S/C11H15BrN2/c1-7-4-9(12)11-10(5-7)13-8(2)6-14(11)3/h4-5,8,13H,6H2,1-3H3. The smallest absolute Gasteiger partial charge is 0.0744 e. The largest absolute Gasteiger partial charge is 0.379 e. The van der Waals surface area contributed by atoms with Gasteiger partial charge in [-0.05, 0) is 47.5 Å². The third kappa shape index (κ3) is 1.61. The molecule has 0 radical (unpaired) electrons. The summed E-state index contributed by atoms with van der Waals surface area (Å²) in [6.07, 6.45) is 0. The third-order valence-corrected chi connectivity index (χ3v) is 3.14. The molecule has 76 valence electrons. The Morgan fingerprint density at radius 3 is 2.93 bits per heavy atom. The molecule has 0 aromatic heterocycles. The zero-order valence-corrected chi connectivity index (χ0v) is 10.4. The van der Waals surface area contributed by atoms with Crippen molar-refractivity contribution in [2.24, 2.45) is 0 Å². The Labute approximate surface area is 93.4 Å². The fraction of sp³-hybridized carbons (Fsp3) is 0.455. The number of hydrogen-bond donors (Lipinski definition) is 1. The minimum absolute atomic E-state index is 0.515. The maximum atomic E-state index is 3.61. The first-order valence-electron chi connectivity index (χ1n) is 4.86. The lowest BCUT2D eigenvalue weighted by Crippen LogP contribution is -2.37. The van der Waals surface area contributed by atoms with E-state index >= 15 is 0 Å². The molecule has 1 aliphatic rings. The van der Waals surface area contributed by atoms with Crippen LogP contribution in [0.15, 0.2) is 16.6 Å². The summed E-state index contributed by atoms with van der Waals surface area (Å²) < 4.78 is 1.18. The van der Waals surface area contributed by atoms with E-state index in [2.05, 4.69) is 59.2 Å². The molecule has 1 aliphatic heterocycles. The van der Waals surface area contributed by atoms with E-state index in [4.69, 9.17) is 0 Å². The van der Waals surface area contributed by atoms with Crippen LogP contribution in [0.4, 0.5) is 11.4 Å². The van der Waals surface area contributed by atoms with Crippen LogP contribution in [0.1, 0.15) is 12.5 Å². The van der Waals surface area contributed by atoms with E-state index in [0.29, 0.717) is 6.04 Å². The van der Waals surface area contributed by atoms with Crippen molar-refractivity contribution >= 4 is 27.3 Å². The van der Waals surface area contributed by atoms with Crippen LogP contribution in [0.3, 0.4) is 0 Å². The molecule has 0 aliphatic carbocycles. The van der Waals surface area contributed by atoms with Crippen molar-refractivity contribution in [1.29, 1.82) is 0 Å². The number of halogens is 1. The van der Waals surface area contributed by atoms with E-state index in [1.54, 1.807) is 0 Å². The van der Waals surface area contributed by atoms with Crippen LogP contribution < -0.4 is 10.2 Å². The highest BCUT2D eigenvalue weighted by atomic mass is 79.9. The number of hydrogen-bond acceptors (Lipinski definition) is 2. The van der Waals surface area contributed by atoms with E-state index in [1.165, 1.54) is 21.4 Å². The highest BCUT2D eigenvalue weighted by molar-refractivity contribution is 9.10. The minimum atomic E-state index is 0.515. The molecule has 0 amide bonds. The van der Waals surface area contributed by atoms with Gasteiger partial charge in [-0.2, -0.15) is 0 Å². The SMILES string of the molecule is Cc1cc(Br)c2c(c1)NC(C)CN2C. The second-order valence-electron chi connectivity index (χ2n) is 4.07. The number of fused-ring (bicyclic) bond motifs is 1. The Kier molecular flexibility index (Phi) is 2.43. The lowest BCUT2D eigenvalue weighted by Gasteiger charge is -2.34. The molecule has 3 heteroatoms. The molecule has 0 fully saturated rings. The highest BCUT2D eigenvalue weighted by Crippen LogP contribution is 2.37. The van der Waals surface area contributed by atoms with Crippen molar-refractivity contribution in [2.45, 2.75) is 19.9 Å². The zero-order valence-electron chi connectivity index (χ0n) is 8.76. The van der Waals surface area contributed by atoms with Crippen LogP contribution in [0.2, 0.25) is 0 Å². The number of nitrogens with one attached hydrogen (secondary N) is 1. The Hall–Kier alpha value is -0.700.